The highest BCUT2D eigenvalue weighted by Gasteiger charge is 2.49. The number of allylic oxidation sites excluding steroid dienone is 1. The zero-order chi connectivity index (χ0) is 22.1. The molecular weight excluding hydrogens is 417 g/mol. The van der Waals surface area contributed by atoms with Crippen molar-refractivity contribution in [1.82, 2.24) is 9.61 Å². The molecule has 0 unspecified atom stereocenters. The number of fused-ring (bicyclic) bond motifs is 1. The van der Waals surface area contributed by atoms with Crippen LogP contribution in [0, 0.1) is 6.92 Å². The molecule has 0 aromatic carbocycles. The monoisotopic (exact) mass is 432 g/mol. The molecule has 2 aromatic rings. The van der Waals surface area contributed by atoms with E-state index in [1.165, 1.54) is 31.3 Å². The van der Waals surface area contributed by atoms with Gasteiger partial charge >= 0.3 is 21.6 Å². The normalized spacial score (nSPS) is 12.3. The Labute approximate surface area is 163 Å². The van der Waals surface area contributed by atoms with Crippen LogP contribution in [-0.2, 0) is 19.6 Å². The number of aryl methyl sites for hydroxylation is 1. The molecular formula is C17H15F3N2O6S. The fourth-order valence-electron chi connectivity index (χ4n) is 2.53. The van der Waals surface area contributed by atoms with Gasteiger partial charge in [0.15, 0.2) is 5.75 Å². The molecule has 12 heteroatoms. The quantitative estimate of drug-likeness (QED) is 0.227. The molecule has 0 radical (unpaired) electrons. The largest absolute Gasteiger partial charge is 0.534 e. The van der Waals surface area contributed by atoms with Crippen LogP contribution in [0.1, 0.15) is 34.1 Å². The summed E-state index contributed by atoms with van der Waals surface area (Å²) in [5.74, 6) is -3.79. The van der Waals surface area contributed by atoms with Gasteiger partial charge in [0.05, 0.1) is 18.4 Å². The van der Waals surface area contributed by atoms with Crippen molar-refractivity contribution in [2.45, 2.75) is 19.4 Å². The Kier molecular flexibility index (Phi) is 5.88. The van der Waals surface area contributed by atoms with Gasteiger partial charge in [-0.3, -0.25) is 4.79 Å². The molecule has 0 fully saturated rings. The lowest BCUT2D eigenvalue weighted by atomic mass is 10.0. The molecule has 0 aliphatic rings. The summed E-state index contributed by atoms with van der Waals surface area (Å²) in [4.78, 5) is 24.2. The summed E-state index contributed by atoms with van der Waals surface area (Å²) in [7, 11) is -5.28. The number of alkyl halides is 3. The third-order valence-corrected chi connectivity index (χ3v) is 4.68. The van der Waals surface area contributed by atoms with Crippen LogP contribution in [0.15, 0.2) is 18.9 Å². The first-order valence-corrected chi connectivity index (χ1v) is 9.24. The number of pyridine rings is 1. The van der Waals surface area contributed by atoms with Crippen molar-refractivity contribution >= 4 is 39.5 Å². The second-order valence-electron chi connectivity index (χ2n) is 5.62. The van der Waals surface area contributed by atoms with E-state index < -0.39 is 38.7 Å². The number of aromatic nitrogens is 2. The van der Waals surface area contributed by atoms with Crippen LogP contribution in [0.5, 0.6) is 5.75 Å². The van der Waals surface area contributed by atoms with Crippen molar-refractivity contribution in [3.63, 3.8) is 0 Å². The minimum Gasteiger partial charge on any atom is -0.463 e. The van der Waals surface area contributed by atoms with E-state index in [0.29, 0.717) is 0 Å². The fourth-order valence-corrected chi connectivity index (χ4v) is 3.00. The van der Waals surface area contributed by atoms with E-state index in [-0.39, 0.29) is 22.3 Å². The summed E-state index contributed by atoms with van der Waals surface area (Å²) in [6, 6.07) is 0. The summed E-state index contributed by atoms with van der Waals surface area (Å²) < 4.78 is 72.0. The molecule has 0 N–H and O–H groups in total. The third kappa shape index (κ3) is 3.88. The van der Waals surface area contributed by atoms with Crippen molar-refractivity contribution in [3.05, 3.63) is 41.2 Å². The van der Waals surface area contributed by atoms with Crippen LogP contribution in [0.25, 0.3) is 17.7 Å². The first-order chi connectivity index (χ1) is 13.4. The molecule has 2 rings (SSSR count). The van der Waals surface area contributed by atoms with E-state index in [4.69, 9.17) is 0 Å². The summed E-state index contributed by atoms with van der Waals surface area (Å²) in [6.45, 7) is 6.41. The van der Waals surface area contributed by atoms with E-state index in [0.717, 1.165) is 11.6 Å². The van der Waals surface area contributed by atoms with Crippen molar-refractivity contribution in [1.29, 1.82) is 0 Å². The number of nitrogens with zero attached hydrogens (tertiary/aromatic N) is 2. The van der Waals surface area contributed by atoms with E-state index in [1.54, 1.807) is 6.92 Å². The van der Waals surface area contributed by atoms with E-state index >= 15 is 0 Å². The molecule has 8 nitrogen and oxygen atoms in total. The molecule has 2 aromatic heterocycles. The lowest BCUT2D eigenvalue weighted by Crippen LogP contribution is -2.29. The van der Waals surface area contributed by atoms with E-state index in [2.05, 4.69) is 20.6 Å². The molecule has 0 saturated carbocycles. The summed E-state index contributed by atoms with van der Waals surface area (Å²) in [6.07, 6.45) is 5.43. The summed E-state index contributed by atoms with van der Waals surface area (Å²) in [5, 5.41) is 4.09. The average molecular weight is 432 g/mol. The smallest absolute Gasteiger partial charge is 0.463 e. The van der Waals surface area contributed by atoms with Crippen LogP contribution in [0.4, 0.5) is 13.2 Å². The topological polar surface area (TPSA) is 104 Å². The molecule has 0 spiro atoms. The predicted octanol–water partition coefficient (Wildman–Crippen LogP) is 2.90. The Balaban J connectivity index is 3.04. The number of carbonyl (C=O) groups is 2. The number of hydrogen-bond acceptors (Lipinski definition) is 7. The van der Waals surface area contributed by atoms with Crippen molar-refractivity contribution < 1.29 is 40.1 Å². The van der Waals surface area contributed by atoms with Gasteiger partial charge in [-0.25, -0.2) is 9.31 Å². The number of esters is 1. The van der Waals surface area contributed by atoms with Crippen molar-refractivity contribution in [3.8, 4) is 5.75 Å². The second-order valence-corrected chi connectivity index (χ2v) is 7.15. The molecule has 0 atom stereocenters. The van der Waals surface area contributed by atoms with Crippen LogP contribution >= 0.6 is 0 Å². The molecule has 0 bridgehead atoms. The minimum absolute atomic E-state index is 0.0644. The van der Waals surface area contributed by atoms with Crippen LogP contribution in [0.3, 0.4) is 0 Å². The van der Waals surface area contributed by atoms with Gasteiger partial charge < -0.3 is 8.92 Å². The van der Waals surface area contributed by atoms with Crippen LogP contribution in [-0.4, -0.2) is 42.4 Å². The third-order valence-electron chi connectivity index (χ3n) is 3.73. The van der Waals surface area contributed by atoms with Gasteiger partial charge in [-0.05, 0) is 25.5 Å². The molecule has 0 amide bonds. The maximum Gasteiger partial charge on any atom is 0.534 e. The minimum atomic E-state index is -6.17. The Hall–Kier alpha value is -3.15. The van der Waals surface area contributed by atoms with Gasteiger partial charge in [0.1, 0.15) is 5.52 Å². The number of rotatable bonds is 6. The molecule has 0 aliphatic carbocycles. The Morgan fingerprint density at radius 2 is 1.93 bits per heavy atom. The highest BCUT2D eigenvalue weighted by atomic mass is 32.2. The Morgan fingerprint density at radius 1 is 1.31 bits per heavy atom. The molecule has 0 saturated heterocycles. The highest BCUT2D eigenvalue weighted by molar-refractivity contribution is 7.88. The van der Waals surface area contributed by atoms with Gasteiger partial charge in [0, 0.05) is 11.8 Å². The Morgan fingerprint density at radius 3 is 2.41 bits per heavy atom. The number of ether oxygens (including phenoxy) is 1. The maximum atomic E-state index is 13.0. The van der Waals surface area contributed by atoms with Gasteiger partial charge in [-0.1, -0.05) is 18.7 Å². The number of hydrogen-bond donors (Lipinski definition) is 0. The molecule has 0 aliphatic heterocycles. The summed E-state index contributed by atoms with van der Waals surface area (Å²) >= 11 is 0. The van der Waals surface area contributed by atoms with E-state index in [9.17, 15) is 31.2 Å². The lowest BCUT2D eigenvalue weighted by molar-refractivity contribution is -0.135. The number of methoxy groups -OCH3 is 1. The van der Waals surface area contributed by atoms with Crippen molar-refractivity contribution in [2.24, 2.45) is 0 Å². The zero-order valence-electron chi connectivity index (χ0n) is 15.4. The number of ketones is 1. The SMILES string of the molecule is C=Cc1nn2cc(C)c(C(=O)C(=O)OC)c(OS(=O)(=O)C(F)(F)F)c2c1/C=C\C. The highest BCUT2D eigenvalue weighted by Crippen LogP contribution is 2.37. The molecule has 156 valence electrons. The van der Waals surface area contributed by atoms with E-state index in [1.807, 2.05) is 0 Å². The first-order valence-electron chi connectivity index (χ1n) is 7.84. The standard InChI is InChI=1S/C17H15F3N2O6S/c1-5-7-10-11(6-2)21-22-8-9(3)12(14(23)16(24)27-4)15(13(10)22)28-29(25,26)17(18,19)20/h5-8H,2H2,1,3-4H3/b7-5-. The molecule has 29 heavy (non-hydrogen) atoms. The van der Waals surface area contributed by atoms with Crippen LogP contribution in [0.2, 0.25) is 0 Å². The molecule has 2 heterocycles. The van der Waals surface area contributed by atoms with Gasteiger partial charge in [0.2, 0.25) is 0 Å². The second kappa shape index (κ2) is 7.70. The number of halogens is 3. The fraction of sp³-hybridized carbons (Fsp3) is 0.235. The predicted molar refractivity (Wildman–Crippen MR) is 96.7 cm³/mol. The Bertz CT molecular complexity index is 1150. The van der Waals surface area contributed by atoms with Crippen molar-refractivity contribution in [2.75, 3.05) is 7.11 Å². The average Bonchev–Trinajstić information content (AvgIpc) is 2.97. The van der Waals surface area contributed by atoms with Crippen LogP contribution < -0.4 is 4.18 Å². The first kappa shape index (κ1) is 22.1. The van der Waals surface area contributed by atoms with Gasteiger partial charge in [-0.15, -0.1) is 0 Å². The van der Waals surface area contributed by atoms with Gasteiger partial charge in [-0.2, -0.15) is 26.7 Å². The zero-order valence-corrected chi connectivity index (χ0v) is 16.2. The lowest BCUT2D eigenvalue weighted by Gasteiger charge is -2.15. The summed E-state index contributed by atoms with van der Waals surface area (Å²) in [5.41, 5.74) is -6.50. The van der Waals surface area contributed by atoms with Gasteiger partial charge in [0.25, 0.3) is 5.78 Å². The maximum absolute atomic E-state index is 13.0. The number of carbonyl (C=O) groups excluding carboxylic acids is 2. The number of Topliss-reactive ketones (excluding diaryl/α,β-unsaturated/α-hetero) is 1.